The number of carbonyl (C=O) groups is 1. The molecule has 0 unspecified atom stereocenters. The van der Waals surface area contributed by atoms with Crippen molar-refractivity contribution < 1.29 is 4.79 Å². The molecule has 0 atom stereocenters. The summed E-state index contributed by atoms with van der Waals surface area (Å²) >= 11 is 6.03. The number of nitrogens with zero attached hydrogens (tertiary/aromatic N) is 4. The highest BCUT2D eigenvalue weighted by molar-refractivity contribution is 6.30. The second-order valence-electron chi connectivity index (χ2n) is 5.52. The van der Waals surface area contributed by atoms with E-state index in [1.54, 1.807) is 6.20 Å². The maximum atomic E-state index is 11.2. The molecule has 1 aliphatic heterocycles. The van der Waals surface area contributed by atoms with Gasteiger partial charge >= 0.3 is 0 Å². The van der Waals surface area contributed by atoms with Crippen molar-refractivity contribution in [1.29, 1.82) is 0 Å². The van der Waals surface area contributed by atoms with Crippen molar-refractivity contribution in [2.45, 2.75) is 6.54 Å². The standard InChI is InChI=1S/C16H18ClN5O/c17-13-3-1-2-12(8-13)11-21-4-6-22(7-5-21)15-10-19-9-14(20-15)16(18)23/h1-3,8-10H,4-7,11H2,(H2,18,23). The van der Waals surface area contributed by atoms with Crippen LogP contribution in [-0.2, 0) is 6.54 Å². The lowest BCUT2D eigenvalue weighted by molar-refractivity contribution is 0.0995. The molecule has 23 heavy (non-hydrogen) atoms. The summed E-state index contributed by atoms with van der Waals surface area (Å²) in [5.41, 5.74) is 6.66. The number of amides is 1. The Morgan fingerprint density at radius 1 is 1.22 bits per heavy atom. The molecule has 7 heteroatoms. The third-order valence-corrected chi connectivity index (χ3v) is 4.10. The highest BCUT2D eigenvalue weighted by Crippen LogP contribution is 2.16. The van der Waals surface area contributed by atoms with Crippen LogP contribution in [0, 0.1) is 0 Å². The summed E-state index contributed by atoms with van der Waals surface area (Å²) in [5, 5.41) is 0.764. The molecule has 1 aromatic carbocycles. The Bertz CT molecular complexity index is 700. The molecule has 6 nitrogen and oxygen atoms in total. The summed E-state index contributed by atoms with van der Waals surface area (Å²) in [4.78, 5) is 24.0. The lowest BCUT2D eigenvalue weighted by atomic mass is 10.2. The van der Waals surface area contributed by atoms with Crippen LogP contribution in [0.3, 0.4) is 0 Å². The molecule has 0 radical (unpaired) electrons. The van der Waals surface area contributed by atoms with Crippen molar-refractivity contribution in [3.05, 3.63) is 52.9 Å². The lowest BCUT2D eigenvalue weighted by Crippen LogP contribution is -2.46. The van der Waals surface area contributed by atoms with E-state index in [0.717, 1.165) is 37.7 Å². The minimum Gasteiger partial charge on any atom is -0.364 e. The van der Waals surface area contributed by atoms with E-state index in [1.807, 2.05) is 18.2 Å². The molecule has 0 saturated carbocycles. The Hall–Kier alpha value is -2.18. The van der Waals surface area contributed by atoms with Crippen LogP contribution >= 0.6 is 11.6 Å². The molecule has 2 N–H and O–H groups in total. The molecule has 1 saturated heterocycles. The van der Waals surface area contributed by atoms with Gasteiger partial charge in [0.2, 0.25) is 0 Å². The highest BCUT2D eigenvalue weighted by atomic mass is 35.5. The number of carbonyl (C=O) groups excluding carboxylic acids is 1. The van der Waals surface area contributed by atoms with Gasteiger partial charge < -0.3 is 10.6 Å². The van der Waals surface area contributed by atoms with E-state index in [1.165, 1.54) is 11.8 Å². The second kappa shape index (κ2) is 6.93. The van der Waals surface area contributed by atoms with Crippen LogP contribution < -0.4 is 10.6 Å². The lowest BCUT2D eigenvalue weighted by Gasteiger charge is -2.35. The van der Waals surface area contributed by atoms with E-state index in [9.17, 15) is 4.79 Å². The van der Waals surface area contributed by atoms with Gasteiger partial charge in [-0.2, -0.15) is 0 Å². The van der Waals surface area contributed by atoms with E-state index < -0.39 is 5.91 Å². The predicted octanol–water partition coefficient (Wildman–Crippen LogP) is 1.55. The Morgan fingerprint density at radius 2 is 2.00 bits per heavy atom. The first-order valence-corrected chi connectivity index (χ1v) is 7.83. The van der Waals surface area contributed by atoms with Crippen molar-refractivity contribution in [3.63, 3.8) is 0 Å². The number of rotatable bonds is 4. The van der Waals surface area contributed by atoms with Gasteiger partial charge in [0, 0.05) is 37.7 Å². The van der Waals surface area contributed by atoms with Gasteiger partial charge in [-0.15, -0.1) is 0 Å². The van der Waals surface area contributed by atoms with Crippen LogP contribution in [0.15, 0.2) is 36.7 Å². The molecule has 1 fully saturated rings. The van der Waals surface area contributed by atoms with Gasteiger partial charge in [-0.25, -0.2) is 4.98 Å². The Morgan fingerprint density at radius 3 is 2.70 bits per heavy atom. The zero-order valence-corrected chi connectivity index (χ0v) is 13.4. The van der Waals surface area contributed by atoms with Crippen molar-refractivity contribution in [2.24, 2.45) is 5.73 Å². The van der Waals surface area contributed by atoms with Gasteiger partial charge in [-0.3, -0.25) is 14.7 Å². The fourth-order valence-electron chi connectivity index (χ4n) is 2.66. The number of anilines is 1. The van der Waals surface area contributed by atoms with E-state index in [0.29, 0.717) is 5.82 Å². The zero-order valence-electron chi connectivity index (χ0n) is 12.7. The minimum absolute atomic E-state index is 0.198. The predicted molar refractivity (Wildman–Crippen MR) is 89.5 cm³/mol. The first-order valence-electron chi connectivity index (χ1n) is 7.45. The largest absolute Gasteiger partial charge is 0.364 e. The van der Waals surface area contributed by atoms with E-state index in [-0.39, 0.29) is 5.69 Å². The molecule has 3 rings (SSSR count). The minimum atomic E-state index is -0.557. The number of nitrogens with two attached hydrogens (primary N) is 1. The fourth-order valence-corrected chi connectivity index (χ4v) is 2.87. The van der Waals surface area contributed by atoms with Gasteiger partial charge in [0.25, 0.3) is 5.91 Å². The number of aromatic nitrogens is 2. The SMILES string of the molecule is NC(=O)c1cncc(N2CCN(Cc3cccc(Cl)c3)CC2)n1. The van der Waals surface area contributed by atoms with Gasteiger partial charge in [-0.05, 0) is 17.7 Å². The van der Waals surface area contributed by atoms with Crippen molar-refractivity contribution in [2.75, 3.05) is 31.1 Å². The number of hydrogen-bond acceptors (Lipinski definition) is 5. The number of primary amides is 1. The highest BCUT2D eigenvalue weighted by Gasteiger charge is 2.19. The van der Waals surface area contributed by atoms with Gasteiger partial charge in [-0.1, -0.05) is 23.7 Å². The van der Waals surface area contributed by atoms with Crippen LogP contribution in [0.4, 0.5) is 5.82 Å². The molecular weight excluding hydrogens is 314 g/mol. The van der Waals surface area contributed by atoms with Crippen LogP contribution in [-0.4, -0.2) is 47.0 Å². The number of piperazine rings is 1. The van der Waals surface area contributed by atoms with Crippen LogP contribution in [0.2, 0.25) is 5.02 Å². The molecule has 1 amide bonds. The average molecular weight is 332 g/mol. The fraction of sp³-hybridized carbons (Fsp3) is 0.312. The van der Waals surface area contributed by atoms with E-state index in [2.05, 4.69) is 25.8 Å². The molecule has 0 spiro atoms. The van der Waals surface area contributed by atoms with Crippen molar-refractivity contribution in [3.8, 4) is 0 Å². The van der Waals surface area contributed by atoms with Crippen LogP contribution in [0.1, 0.15) is 16.1 Å². The van der Waals surface area contributed by atoms with Crippen molar-refractivity contribution >= 4 is 23.3 Å². The average Bonchev–Trinajstić information content (AvgIpc) is 2.56. The first-order chi connectivity index (χ1) is 11.1. The Labute approximate surface area is 139 Å². The zero-order chi connectivity index (χ0) is 16.2. The maximum Gasteiger partial charge on any atom is 0.268 e. The van der Waals surface area contributed by atoms with Gasteiger partial charge in [0.1, 0.15) is 11.5 Å². The summed E-state index contributed by atoms with van der Waals surface area (Å²) in [7, 11) is 0. The molecular formula is C16H18ClN5O. The molecule has 120 valence electrons. The summed E-state index contributed by atoms with van der Waals surface area (Å²) in [6, 6.07) is 7.93. The summed E-state index contributed by atoms with van der Waals surface area (Å²) in [6.45, 7) is 4.36. The Kier molecular flexibility index (Phi) is 4.73. The Balaban J connectivity index is 1.60. The molecule has 0 bridgehead atoms. The molecule has 2 aromatic rings. The topological polar surface area (TPSA) is 75.4 Å². The third-order valence-electron chi connectivity index (χ3n) is 3.87. The van der Waals surface area contributed by atoms with Crippen LogP contribution in [0.5, 0.6) is 0 Å². The first kappa shape index (κ1) is 15.7. The molecule has 1 aliphatic rings. The van der Waals surface area contributed by atoms with Gasteiger partial charge in [0.15, 0.2) is 0 Å². The maximum absolute atomic E-state index is 11.2. The molecule has 2 heterocycles. The number of halogens is 1. The van der Waals surface area contributed by atoms with E-state index in [4.69, 9.17) is 17.3 Å². The second-order valence-corrected chi connectivity index (χ2v) is 5.96. The smallest absolute Gasteiger partial charge is 0.268 e. The summed E-state index contributed by atoms with van der Waals surface area (Å²) in [6.07, 6.45) is 3.06. The monoisotopic (exact) mass is 331 g/mol. The van der Waals surface area contributed by atoms with Gasteiger partial charge in [0.05, 0.1) is 12.4 Å². The molecule has 0 aliphatic carbocycles. The summed E-state index contributed by atoms with van der Waals surface area (Å²) in [5.74, 6) is 0.141. The third kappa shape index (κ3) is 3.97. The normalized spacial score (nSPS) is 15.6. The van der Waals surface area contributed by atoms with Crippen molar-refractivity contribution in [1.82, 2.24) is 14.9 Å². The summed E-state index contributed by atoms with van der Waals surface area (Å²) < 4.78 is 0. The number of hydrogen-bond donors (Lipinski definition) is 1. The molecule has 1 aromatic heterocycles. The number of benzene rings is 1. The quantitative estimate of drug-likeness (QED) is 0.920. The van der Waals surface area contributed by atoms with Crippen LogP contribution in [0.25, 0.3) is 0 Å². The van der Waals surface area contributed by atoms with E-state index >= 15 is 0 Å².